The second-order valence-electron chi connectivity index (χ2n) is 3.59. The smallest absolute Gasteiger partial charge is 0.264 e. The number of nitrogens with two attached hydrogens (primary N) is 1. The van der Waals surface area contributed by atoms with E-state index < -0.39 is 10.0 Å². The van der Waals surface area contributed by atoms with E-state index in [2.05, 4.69) is 20.2 Å². The van der Waals surface area contributed by atoms with Gasteiger partial charge < -0.3 is 5.43 Å². The van der Waals surface area contributed by atoms with Crippen LogP contribution in [0.3, 0.4) is 0 Å². The van der Waals surface area contributed by atoms with Crippen molar-refractivity contribution in [2.75, 3.05) is 10.1 Å². The standard InChI is InChI=1S/C9H11ClN6O2S/c1-16-8(2-3-13-16)15-19(17,18)6-4-7(10)9(14-11)12-5-6/h2-5,15H,11H2,1H3,(H,12,14). The topological polar surface area (TPSA) is 115 Å². The number of rotatable bonds is 4. The van der Waals surface area contributed by atoms with E-state index in [-0.39, 0.29) is 15.7 Å². The van der Waals surface area contributed by atoms with Crippen LogP contribution in [0.4, 0.5) is 11.6 Å². The van der Waals surface area contributed by atoms with Crippen LogP contribution in [0.5, 0.6) is 0 Å². The molecule has 0 saturated carbocycles. The third kappa shape index (κ3) is 2.78. The number of aryl methyl sites for hydroxylation is 1. The number of nitrogens with one attached hydrogen (secondary N) is 2. The highest BCUT2D eigenvalue weighted by atomic mass is 35.5. The first-order chi connectivity index (χ1) is 8.94. The van der Waals surface area contributed by atoms with Gasteiger partial charge in [-0.2, -0.15) is 5.10 Å². The van der Waals surface area contributed by atoms with Gasteiger partial charge >= 0.3 is 0 Å². The second kappa shape index (κ2) is 5.03. The molecule has 10 heteroatoms. The molecule has 8 nitrogen and oxygen atoms in total. The van der Waals surface area contributed by atoms with E-state index in [1.807, 2.05) is 0 Å². The van der Waals surface area contributed by atoms with Crippen molar-refractivity contribution in [3.05, 3.63) is 29.5 Å². The summed E-state index contributed by atoms with van der Waals surface area (Å²) in [6, 6.07) is 2.78. The van der Waals surface area contributed by atoms with Gasteiger partial charge in [-0.3, -0.25) is 9.40 Å². The van der Waals surface area contributed by atoms with Crippen LogP contribution >= 0.6 is 11.6 Å². The summed E-state index contributed by atoms with van der Waals surface area (Å²) in [4.78, 5) is 3.73. The maximum Gasteiger partial charge on any atom is 0.264 e. The van der Waals surface area contributed by atoms with Gasteiger partial charge in [0.15, 0.2) is 5.82 Å². The average molecular weight is 303 g/mol. The summed E-state index contributed by atoms with van der Waals surface area (Å²) in [5.74, 6) is 5.69. The van der Waals surface area contributed by atoms with Crippen LogP contribution in [0.15, 0.2) is 29.4 Å². The molecule has 0 amide bonds. The number of hydrogen-bond acceptors (Lipinski definition) is 6. The van der Waals surface area contributed by atoms with Crippen molar-refractivity contribution < 1.29 is 8.42 Å². The van der Waals surface area contributed by atoms with Crippen LogP contribution in [0, 0.1) is 0 Å². The molecule has 0 saturated heterocycles. The van der Waals surface area contributed by atoms with Gasteiger partial charge in [0.25, 0.3) is 10.0 Å². The highest BCUT2D eigenvalue weighted by Crippen LogP contribution is 2.23. The predicted octanol–water partition coefficient (Wildman–Crippen LogP) is 0.555. The minimum Gasteiger partial charge on any atom is -0.307 e. The predicted molar refractivity (Wildman–Crippen MR) is 71.1 cm³/mol. The Hall–Kier alpha value is -1.84. The molecule has 0 bridgehead atoms. The van der Waals surface area contributed by atoms with Crippen molar-refractivity contribution >= 4 is 33.3 Å². The van der Waals surface area contributed by atoms with E-state index in [0.29, 0.717) is 5.82 Å². The molecular formula is C9H11ClN6O2S. The van der Waals surface area contributed by atoms with Crippen molar-refractivity contribution in [2.45, 2.75) is 4.90 Å². The quantitative estimate of drug-likeness (QED) is 0.561. The zero-order valence-electron chi connectivity index (χ0n) is 9.83. The molecule has 2 rings (SSSR count). The Bertz CT molecular complexity index is 698. The van der Waals surface area contributed by atoms with E-state index in [1.54, 1.807) is 7.05 Å². The van der Waals surface area contributed by atoms with Gasteiger partial charge in [0, 0.05) is 19.3 Å². The molecule has 0 aromatic carbocycles. The van der Waals surface area contributed by atoms with Crippen molar-refractivity contribution in [1.82, 2.24) is 14.8 Å². The zero-order valence-corrected chi connectivity index (χ0v) is 11.4. The number of pyridine rings is 1. The third-order valence-corrected chi connectivity index (χ3v) is 3.93. The molecule has 0 unspecified atom stereocenters. The fourth-order valence-electron chi connectivity index (χ4n) is 1.34. The lowest BCUT2D eigenvalue weighted by molar-refractivity contribution is 0.600. The summed E-state index contributed by atoms with van der Waals surface area (Å²) in [7, 11) is -2.16. The molecule has 102 valence electrons. The summed E-state index contributed by atoms with van der Waals surface area (Å²) < 4.78 is 28.0. The lowest BCUT2D eigenvalue weighted by Crippen LogP contribution is -2.16. The number of aromatic nitrogens is 3. The molecule has 19 heavy (non-hydrogen) atoms. The van der Waals surface area contributed by atoms with Crippen LogP contribution in [0.2, 0.25) is 5.02 Å². The minimum absolute atomic E-state index is 0.0716. The van der Waals surface area contributed by atoms with Crippen molar-refractivity contribution in [3.63, 3.8) is 0 Å². The maximum atomic E-state index is 12.1. The fourth-order valence-corrected chi connectivity index (χ4v) is 2.69. The molecule has 2 aromatic rings. The van der Waals surface area contributed by atoms with Gasteiger partial charge in [0.2, 0.25) is 0 Å². The summed E-state index contributed by atoms with van der Waals surface area (Å²) in [6.45, 7) is 0. The van der Waals surface area contributed by atoms with E-state index in [1.165, 1.54) is 23.0 Å². The monoisotopic (exact) mass is 302 g/mol. The molecule has 0 radical (unpaired) electrons. The first-order valence-corrected chi connectivity index (χ1v) is 6.93. The number of hydrazine groups is 1. The van der Waals surface area contributed by atoms with E-state index in [9.17, 15) is 8.42 Å². The maximum absolute atomic E-state index is 12.1. The van der Waals surface area contributed by atoms with Crippen molar-refractivity contribution in [3.8, 4) is 0 Å². The molecule has 0 aliphatic rings. The third-order valence-electron chi connectivity index (χ3n) is 2.32. The van der Waals surface area contributed by atoms with E-state index >= 15 is 0 Å². The average Bonchev–Trinajstić information content (AvgIpc) is 2.74. The van der Waals surface area contributed by atoms with Crippen LogP contribution in [-0.2, 0) is 17.1 Å². The lowest BCUT2D eigenvalue weighted by Gasteiger charge is -2.09. The second-order valence-corrected chi connectivity index (χ2v) is 5.68. The Morgan fingerprint density at radius 2 is 2.21 bits per heavy atom. The Kier molecular flexibility index (Phi) is 3.60. The Labute approximate surface area is 114 Å². The van der Waals surface area contributed by atoms with Gasteiger partial charge in [0.05, 0.1) is 11.2 Å². The van der Waals surface area contributed by atoms with Crippen LogP contribution in [-0.4, -0.2) is 23.2 Å². The Morgan fingerprint density at radius 3 is 2.74 bits per heavy atom. The molecular weight excluding hydrogens is 292 g/mol. The number of halogens is 1. The van der Waals surface area contributed by atoms with Crippen LogP contribution in [0.25, 0.3) is 0 Å². The van der Waals surface area contributed by atoms with Crippen LogP contribution in [0.1, 0.15) is 0 Å². The van der Waals surface area contributed by atoms with Crippen LogP contribution < -0.4 is 16.0 Å². The van der Waals surface area contributed by atoms with E-state index in [4.69, 9.17) is 17.4 Å². The van der Waals surface area contributed by atoms with Gasteiger partial charge in [-0.1, -0.05) is 11.6 Å². The largest absolute Gasteiger partial charge is 0.307 e. The number of nitrogens with zero attached hydrogens (tertiary/aromatic N) is 3. The molecule has 0 fully saturated rings. The lowest BCUT2D eigenvalue weighted by atomic mass is 10.5. The highest BCUT2D eigenvalue weighted by Gasteiger charge is 2.18. The minimum atomic E-state index is -3.78. The summed E-state index contributed by atoms with van der Waals surface area (Å²) in [5.41, 5.74) is 2.26. The number of hydrogen-bond donors (Lipinski definition) is 3. The molecule has 2 aromatic heterocycles. The first-order valence-electron chi connectivity index (χ1n) is 5.07. The molecule has 4 N–H and O–H groups in total. The number of anilines is 2. The first kappa shape index (κ1) is 13.6. The van der Waals surface area contributed by atoms with Gasteiger partial charge in [-0.15, -0.1) is 0 Å². The van der Waals surface area contributed by atoms with Crippen molar-refractivity contribution in [1.29, 1.82) is 0 Å². The summed E-state index contributed by atoms with van der Waals surface area (Å²) in [6.07, 6.45) is 2.63. The van der Waals surface area contributed by atoms with Gasteiger partial charge in [0.1, 0.15) is 10.7 Å². The summed E-state index contributed by atoms with van der Waals surface area (Å²) in [5, 5.41) is 3.97. The molecule has 2 heterocycles. The summed E-state index contributed by atoms with van der Waals surface area (Å²) >= 11 is 5.83. The molecule has 0 aliphatic carbocycles. The molecule has 0 spiro atoms. The highest BCUT2D eigenvalue weighted by molar-refractivity contribution is 7.92. The SMILES string of the molecule is Cn1nccc1NS(=O)(=O)c1cnc(NN)c(Cl)c1. The van der Waals surface area contributed by atoms with Gasteiger partial charge in [-0.25, -0.2) is 19.2 Å². The number of nitrogen functional groups attached to an aromatic ring is 1. The molecule has 0 aliphatic heterocycles. The normalized spacial score (nSPS) is 11.3. The molecule has 0 atom stereocenters. The van der Waals surface area contributed by atoms with Crippen molar-refractivity contribution in [2.24, 2.45) is 12.9 Å². The van der Waals surface area contributed by atoms with Gasteiger partial charge in [-0.05, 0) is 6.07 Å². The Balaban J connectivity index is 2.35. The zero-order chi connectivity index (χ0) is 14.0. The number of sulfonamides is 1. The fraction of sp³-hybridized carbons (Fsp3) is 0.111. The van der Waals surface area contributed by atoms with E-state index in [0.717, 1.165) is 6.20 Å². The Morgan fingerprint density at radius 1 is 1.47 bits per heavy atom.